The average molecular weight is 418 g/mol. The van der Waals surface area contributed by atoms with Crippen LogP contribution in [0.3, 0.4) is 0 Å². The van der Waals surface area contributed by atoms with Crippen LogP contribution in [0.1, 0.15) is 0 Å². The highest BCUT2D eigenvalue weighted by Gasteiger charge is 2.15. The predicted molar refractivity (Wildman–Crippen MR) is 104 cm³/mol. The Morgan fingerprint density at radius 3 is 2.10 bits per heavy atom. The fourth-order valence-corrected chi connectivity index (χ4v) is 3.44. The van der Waals surface area contributed by atoms with Crippen molar-refractivity contribution in [3.05, 3.63) is 84.4 Å². The Labute approximate surface area is 166 Å². The zero-order chi connectivity index (χ0) is 20.9. The van der Waals surface area contributed by atoms with Crippen LogP contribution >= 0.6 is 0 Å². The first-order chi connectivity index (χ1) is 13.8. The Morgan fingerprint density at radius 2 is 1.48 bits per heavy atom. The Kier molecular flexibility index (Phi) is 6.08. The lowest BCUT2D eigenvalue weighted by molar-refractivity contribution is -0.118. The van der Waals surface area contributed by atoms with Crippen LogP contribution in [0.2, 0.25) is 0 Å². The minimum absolute atomic E-state index is 0.00609. The summed E-state index contributed by atoms with van der Waals surface area (Å²) >= 11 is 0. The van der Waals surface area contributed by atoms with Gasteiger partial charge in [-0.2, -0.15) is 0 Å². The standard InChI is InChI=1S/C20H16F2N2O4S/c21-17-7-4-8-18(22)20(17)23-19(25)13-28-15-9-11-16(12-10-15)29(26,27)24-14-5-2-1-3-6-14/h1-12,24H,13H2,(H,23,25). The number of carbonyl (C=O) groups is 1. The van der Waals surface area contributed by atoms with E-state index in [2.05, 4.69) is 10.0 Å². The second-order valence-electron chi connectivity index (χ2n) is 5.88. The lowest BCUT2D eigenvalue weighted by atomic mass is 10.3. The third-order valence-corrected chi connectivity index (χ3v) is 5.15. The summed E-state index contributed by atoms with van der Waals surface area (Å²) in [6, 6.07) is 17.0. The maximum absolute atomic E-state index is 13.5. The molecule has 6 nitrogen and oxygen atoms in total. The van der Waals surface area contributed by atoms with Crippen molar-refractivity contribution in [1.82, 2.24) is 0 Å². The van der Waals surface area contributed by atoms with Gasteiger partial charge < -0.3 is 10.1 Å². The maximum Gasteiger partial charge on any atom is 0.262 e. The van der Waals surface area contributed by atoms with Crippen LogP contribution < -0.4 is 14.8 Å². The Morgan fingerprint density at radius 1 is 0.862 bits per heavy atom. The number of halogens is 2. The number of anilines is 2. The van der Waals surface area contributed by atoms with Crippen molar-refractivity contribution < 1.29 is 26.7 Å². The van der Waals surface area contributed by atoms with Gasteiger partial charge in [0.15, 0.2) is 6.61 Å². The highest BCUT2D eigenvalue weighted by atomic mass is 32.2. The number of hydrogen-bond donors (Lipinski definition) is 2. The summed E-state index contributed by atoms with van der Waals surface area (Å²) in [7, 11) is -3.78. The summed E-state index contributed by atoms with van der Waals surface area (Å²) in [6.45, 7) is -0.512. The minimum Gasteiger partial charge on any atom is -0.484 e. The number of carbonyl (C=O) groups excluding carboxylic acids is 1. The Balaban J connectivity index is 1.60. The molecule has 150 valence electrons. The summed E-state index contributed by atoms with van der Waals surface area (Å²) in [5.41, 5.74) is -0.139. The molecule has 0 radical (unpaired) electrons. The van der Waals surface area contributed by atoms with Gasteiger partial charge in [0.1, 0.15) is 23.1 Å². The van der Waals surface area contributed by atoms with Crippen LogP contribution in [0.5, 0.6) is 5.75 Å². The van der Waals surface area contributed by atoms with E-state index < -0.39 is 39.9 Å². The maximum atomic E-state index is 13.5. The molecule has 0 atom stereocenters. The second kappa shape index (κ2) is 8.70. The molecule has 0 bridgehead atoms. The van der Waals surface area contributed by atoms with E-state index in [1.807, 2.05) is 0 Å². The van der Waals surface area contributed by atoms with Gasteiger partial charge in [0.05, 0.1) is 4.90 Å². The van der Waals surface area contributed by atoms with E-state index in [1.165, 1.54) is 30.3 Å². The zero-order valence-electron chi connectivity index (χ0n) is 14.9. The van der Waals surface area contributed by atoms with Crippen molar-refractivity contribution in [3.8, 4) is 5.75 Å². The summed E-state index contributed by atoms with van der Waals surface area (Å²) in [4.78, 5) is 11.9. The lowest BCUT2D eigenvalue weighted by Crippen LogP contribution is -2.21. The molecule has 0 aliphatic heterocycles. The molecule has 0 aliphatic rings. The third-order valence-electron chi connectivity index (χ3n) is 3.76. The van der Waals surface area contributed by atoms with E-state index in [9.17, 15) is 22.0 Å². The van der Waals surface area contributed by atoms with Crippen molar-refractivity contribution in [2.45, 2.75) is 4.90 Å². The van der Waals surface area contributed by atoms with Crippen molar-refractivity contribution in [2.24, 2.45) is 0 Å². The number of para-hydroxylation sites is 2. The topological polar surface area (TPSA) is 84.5 Å². The van der Waals surface area contributed by atoms with Gasteiger partial charge in [-0.1, -0.05) is 24.3 Å². The van der Waals surface area contributed by atoms with Crippen molar-refractivity contribution >= 4 is 27.3 Å². The van der Waals surface area contributed by atoms with E-state index in [0.29, 0.717) is 5.69 Å². The van der Waals surface area contributed by atoms with Gasteiger partial charge >= 0.3 is 0 Å². The SMILES string of the molecule is O=C(COc1ccc(S(=O)(=O)Nc2ccccc2)cc1)Nc1c(F)cccc1F. The van der Waals surface area contributed by atoms with Gasteiger partial charge in [-0.3, -0.25) is 9.52 Å². The fraction of sp³-hybridized carbons (Fsp3) is 0.0500. The van der Waals surface area contributed by atoms with E-state index >= 15 is 0 Å². The first-order valence-corrected chi connectivity index (χ1v) is 9.88. The highest BCUT2D eigenvalue weighted by molar-refractivity contribution is 7.92. The van der Waals surface area contributed by atoms with Crippen LogP contribution in [-0.2, 0) is 14.8 Å². The van der Waals surface area contributed by atoms with Crippen LogP contribution in [0.15, 0.2) is 77.7 Å². The van der Waals surface area contributed by atoms with Crippen LogP contribution in [0, 0.1) is 11.6 Å². The van der Waals surface area contributed by atoms with Crippen LogP contribution in [-0.4, -0.2) is 20.9 Å². The van der Waals surface area contributed by atoms with Gasteiger partial charge in [0.2, 0.25) is 0 Å². The molecule has 0 aliphatic carbocycles. The molecule has 9 heteroatoms. The molecule has 0 heterocycles. The Hall–Kier alpha value is -3.46. The molecule has 3 aromatic carbocycles. The van der Waals surface area contributed by atoms with Gasteiger partial charge in [-0.05, 0) is 48.5 Å². The van der Waals surface area contributed by atoms with E-state index in [4.69, 9.17) is 4.74 Å². The fourth-order valence-electron chi connectivity index (χ4n) is 2.38. The quantitative estimate of drug-likeness (QED) is 0.612. The number of ether oxygens (including phenoxy) is 1. The molecule has 0 spiro atoms. The minimum atomic E-state index is -3.78. The number of sulfonamides is 1. The number of benzene rings is 3. The molecule has 0 saturated heterocycles. The average Bonchev–Trinajstić information content (AvgIpc) is 2.70. The molecule has 0 aromatic heterocycles. The van der Waals surface area contributed by atoms with E-state index in [-0.39, 0.29) is 10.6 Å². The zero-order valence-corrected chi connectivity index (χ0v) is 15.7. The summed E-state index contributed by atoms with van der Waals surface area (Å²) in [5, 5.41) is 2.09. The molecular formula is C20H16F2N2O4S. The van der Waals surface area contributed by atoms with Gasteiger partial charge in [0, 0.05) is 5.69 Å². The van der Waals surface area contributed by atoms with Crippen LogP contribution in [0.25, 0.3) is 0 Å². The predicted octanol–water partition coefficient (Wildman–Crippen LogP) is 3.78. The first kappa shape index (κ1) is 20.3. The number of rotatable bonds is 7. The van der Waals surface area contributed by atoms with Crippen molar-refractivity contribution in [2.75, 3.05) is 16.6 Å². The van der Waals surface area contributed by atoms with E-state index in [1.54, 1.807) is 30.3 Å². The van der Waals surface area contributed by atoms with Crippen molar-refractivity contribution in [3.63, 3.8) is 0 Å². The summed E-state index contributed by atoms with van der Waals surface area (Å²) in [5.74, 6) is -2.36. The molecule has 2 N–H and O–H groups in total. The first-order valence-electron chi connectivity index (χ1n) is 8.40. The number of nitrogens with one attached hydrogen (secondary N) is 2. The number of hydrogen-bond acceptors (Lipinski definition) is 4. The normalized spacial score (nSPS) is 11.0. The number of amides is 1. The van der Waals surface area contributed by atoms with Gasteiger partial charge in [-0.25, -0.2) is 17.2 Å². The molecule has 29 heavy (non-hydrogen) atoms. The summed E-state index contributed by atoms with van der Waals surface area (Å²) in [6.07, 6.45) is 0. The van der Waals surface area contributed by atoms with Crippen molar-refractivity contribution in [1.29, 1.82) is 0 Å². The second-order valence-corrected chi connectivity index (χ2v) is 7.56. The van der Waals surface area contributed by atoms with Gasteiger partial charge in [0.25, 0.3) is 15.9 Å². The molecule has 1 amide bonds. The third kappa shape index (κ3) is 5.29. The monoisotopic (exact) mass is 418 g/mol. The van der Waals surface area contributed by atoms with Gasteiger partial charge in [-0.15, -0.1) is 0 Å². The van der Waals surface area contributed by atoms with E-state index in [0.717, 1.165) is 12.1 Å². The smallest absolute Gasteiger partial charge is 0.262 e. The molecule has 0 saturated carbocycles. The van der Waals surface area contributed by atoms with Crippen LogP contribution in [0.4, 0.5) is 20.2 Å². The summed E-state index contributed by atoms with van der Waals surface area (Å²) < 4.78 is 59.4. The molecular weight excluding hydrogens is 402 g/mol. The highest BCUT2D eigenvalue weighted by Crippen LogP contribution is 2.20. The molecule has 3 aromatic rings. The Bertz CT molecular complexity index is 1080. The lowest BCUT2D eigenvalue weighted by Gasteiger charge is -2.10. The molecule has 0 unspecified atom stereocenters. The molecule has 3 rings (SSSR count). The molecule has 0 fully saturated rings. The largest absolute Gasteiger partial charge is 0.484 e.